The average molecular weight is 130 g/mol. The molecule has 0 bridgehead atoms. The molecule has 0 aromatic rings. The molecule has 9 heavy (non-hydrogen) atoms. The number of quaternary nitrogens is 1. The Morgan fingerprint density at radius 2 is 1.78 bits per heavy atom. The van der Waals surface area contributed by atoms with Gasteiger partial charge in [0.25, 0.3) is 0 Å². The molecule has 0 heterocycles. The highest BCUT2D eigenvalue weighted by Gasteiger charge is 2.11. The third kappa shape index (κ3) is 5.50. The van der Waals surface area contributed by atoms with Crippen LogP contribution in [0.25, 0.3) is 0 Å². The molecule has 0 saturated carbocycles. The van der Waals surface area contributed by atoms with Crippen molar-refractivity contribution in [1.29, 1.82) is 0 Å². The standard InChI is InChI=1S/C7H16NO/c1-5-7(9)6-8(2,3)4/h5-6H2,1-4H3/q+1. The molecular formula is C7H16NO+. The molecular weight excluding hydrogens is 114 g/mol. The zero-order chi connectivity index (χ0) is 7.49. The molecule has 0 aliphatic rings. The fourth-order valence-electron chi connectivity index (χ4n) is 0.641. The predicted octanol–water partition coefficient (Wildman–Crippen LogP) is 0.672. The first kappa shape index (κ1) is 8.63. The van der Waals surface area contributed by atoms with Crippen LogP contribution < -0.4 is 0 Å². The summed E-state index contributed by atoms with van der Waals surface area (Å²) in [5.74, 6) is 0.336. The molecule has 0 rings (SSSR count). The average Bonchev–Trinajstić information content (AvgIpc) is 1.62. The zero-order valence-electron chi connectivity index (χ0n) is 6.77. The van der Waals surface area contributed by atoms with Gasteiger partial charge in [-0.25, -0.2) is 0 Å². The van der Waals surface area contributed by atoms with Crippen LogP contribution in [-0.4, -0.2) is 38.0 Å². The number of ketones is 1. The van der Waals surface area contributed by atoms with Gasteiger partial charge >= 0.3 is 0 Å². The fraction of sp³-hybridized carbons (Fsp3) is 0.857. The quantitative estimate of drug-likeness (QED) is 0.513. The Balaban J connectivity index is 3.60. The molecule has 54 valence electrons. The third-order valence-corrected chi connectivity index (χ3v) is 1.05. The van der Waals surface area contributed by atoms with Crippen LogP contribution in [0.4, 0.5) is 0 Å². The molecule has 0 unspecified atom stereocenters. The number of nitrogens with zero attached hydrogens (tertiary/aromatic N) is 1. The van der Waals surface area contributed by atoms with Gasteiger partial charge in [0.15, 0.2) is 5.78 Å². The van der Waals surface area contributed by atoms with Crippen molar-refractivity contribution in [2.75, 3.05) is 27.7 Å². The number of hydrogen-bond acceptors (Lipinski definition) is 1. The first-order valence-electron chi connectivity index (χ1n) is 3.28. The van der Waals surface area contributed by atoms with Crippen molar-refractivity contribution in [3.63, 3.8) is 0 Å². The van der Waals surface area contributed by atoms with Crippen molar-refractivity contribution in [3.8, 4) is 0 Å². The Hall–Kier alpha value is -0.370. The molecule has 0 saturated heterocycles. The number of likely N-dealkylation sites (N-methyl/N-ethyl adjacent to an activating group) is 1. The van der Waals surface area contributed by atoms with Crippen LogP contribution in [0.3, 0.4) is 0 Å². The Morgan fingerprint density at radius 3 is 1.89 bits per heavy atom. The molecule has 0 aromatic heterocycles. The van der Waals surface area contributed by atoms with Crippen LogP contribution in [0.15, 0.2) is 0 Å². The monoisotopic (exact) mass is 130 g/mol. The maximum Gasteiger partial charge on any atom is 0.186 e. The van der Waals surface area contributed by atoms with E-state index in [1.807, 2.05) is 28.1 Å². The van der Waals surface area contributed by atoms with Crippen molar-refractivity contribution in [2.24, 2.45) is 0 Å². The largest absolute Gasteiger partial charge is 0.325 e. The maximum absolute atomic E-state index is 10.8. The van der Waals surface area contributed by atoms with Gasteiger partial charge in [0.1, 0.15) is 6.54 Å². The minimum Gasteiger partial charge on any atom is -0.325 e. The first-order chi connectivity index (χ1) is 3.95. The van der Waals surface area contributed by atoms with Gasteiger partial charge in [-0.2, -0.15) is 0 Å². The van der Waals surface area contributed by atoms with E-state index >= 15 is 0 Å². The van der Waals surface area contributed by atoms with Gasteiger partial charge in [0, 0.05) is 6.42 Å². The van der Waals surface area contributed by atoms with Gasteiger partial charge in [-0.05, 0) is 0 Å². The summed E-state index contributed by atoms with van der Waals surface area (Å²) in [6.45, 7) is 2.55. The lowest BCUT2D eigenvalue weighted by molar-refractivity contribution is -0.862. The summed E-state index contributed by atoms with van der Waals surface area (Å²) in [4.78, 5) is 10.8. The van der Waals surface area contributed by atoms with Crippen LogP contribution in [0.2, 0.25) is 0 Å². The lowest BCUT2D eigenvalue weighted by Crippen LogP contribution is -2.39. The smallest absolute Gasteiger partial charge is 0.186 e. The summed E-state index contributed by atoms with van der Waals surface area (Å²) < 4.78 is 0.743. The van der Waals surface area contributed by atoms with E-state index in [4.69, 9.17) is 0 Å². The molecule has 0 spiro atoms. The lowest BCUT2D eigenvalue weighted by atomic mass is 10.3. The molecule has 0 radical (unpaired) electrons. The summed E-state index contributed by atoms with van der Waals surface area (Å²) in [5.41, 5.74) is 0. The summed E-state index contributed by atoms with van der Waals surface area (Å²) in [6.07, 6.45) is 0.662. The van der Waals surface area contributed by atoms with Crippen LogP contribution in [0.5, 0.6) is 0 Å². The third-order valence-electron chi connectivity index (χ3n) is 1.05. The van der Waals surface area contributed by atoms with Crippen LogP contribution in [0, 0.1) is 0 Å². The minimum atomic E-state index is 0.336. The lowest BCUT2D eigenvalue weighted by Gasteiger charge is -2.22. The first-order valence-corrected chi connectivity index (χ1v) is 3.28. The van der Waals surface area contributed by atoms with Crippen molar-refractivity contribution < 1.29 is 9.28 Å². The highest BCUT2D eigenvalue weighted by atomic mass is 16.1. The van der Waals surface area contributed by atoms with Gasteiger partial charge in [-0.3, -0.25) is 4.79 Å². The molecule has 0 aliphatic heterocycles. The topological polar surface area (TPSA) is 17.1 Å². The molecule has 2 heteroatoms. The second kappa shape index (κ2) is 2.97. The van der Waals surface area contributed by atoms with E-state index < -0.39 is 0 Å². The minimum absolute atomic E-state index is 0.336. The van der Waals surface area contributed by atoms with Gasteiger partial charge in [0.05, 0.1) is 21.1 Å². The summed E-state index contributed by atoms with van der Waals surface area (Å²) in [6, 6.07) is 0. The van der Waals surface area contributed by atoms with Crippen molar-refractivity contribution >= 4 is 5.78 Å². The molecule has 0 aliphatic carbocycles. The van der Waals surface area contributed by atoms with Gasteiger partial charge in [-0.15, -0.1) is 0 Å². The van der Waals surface area contributed by atoms with Crippen LogP contribution in [0.1, 0.15) is 13.3 Å². The Bertz CT molecular complexity index is 102. The Morgan fingerprint density at radius 1 is 1.33 bits per heavy atom. The molecule has 0 amide bonds. The Kier molecular flexibility index (Phi) is 2.85. The van der Waals surface area contributed by atoms with Gasteiger partial charge in [-0.1, -0.05) is 6.92 Å². The number of carbonyl (C=O) groups is 1. The van der Waals surface area contributed by atoms with E-state index in [1.54, 1.807) is 0 Å². The molecule has 2 nitrogen and oxygen atoms in total. The van der Waals surface area contributed by atoms with Crippen LogP contribution in [-0.2, 0) is 4.79 Å². The SMILES string of the molecule is CCC(=O)C[N+](C)(C)C. The number of carbonyl (C=O) groups excluding carboxylic acids is 1. The zero-order valence-corrected chi connectivity index (χ0v) is 6.77. The fourth-order valence-corrected chi connectivity index (χ4v) is 0.641. The number of rotatable bonds is 3. The highest BCUT2D eigenvalue weighted by Crippen LogP contribution is 1.91. The van der Waals surface area contributed by atoms with E-state index in [1.165, 1.54) is 0 Å². The second-order valence-corrected chi connectivity index (χ2v) is 3.34. The summed E-state index contributed by atoms with van der Waals surface area (Å²) in [5, 5.41) is 0. The van der Waals surface area contributed by atoms with E-state index in [9.17, 15) is 4.79 Å². The van der Waals surface area contributed by atoms with E-state index in [0.717, 1.165) is 4.48 Å². The van der Waals surface area contributed by atoms with E-state index in [0.29, 0.717) is 18.7 Å². The Labute approximate surface area is 57.1 Å². The number of hydrogen-bond donors (Lipinski definition) is 0. The van der Waals surface area contributed by atoms with E-state index in [2.05, 4.69) is 0 Å². The van der Waals surface area contributed by atoms with Crippen molar-refractivity contribution in [3.05, 3.63) is 0 Å². The summed E-state index contributed by atoms with van der Waals surface area (Å²) in [7, 11) is 6.06. The molecule has 0 atom stereocenters. The van der Waals surface area contributed by atoms with Crippen molar-refractivity contribution in [1.82, 2.24) is 0 Å². The van der Waals surface area contributed by atoms with E-state index in [-0.39, 0.29) is 0 Å². The highest BCUT2D eigenvalue weighted by molar-refractivity contribution is 5.79. The predicted molar refractivity (Wildman–Crippen MR) is 38.2 cm³/mol. The maximum atomic E-state index is 10.8. The van der Waals surface area contributed by atoms with Gasteiger partial charge < -0.3 is 4.48 Å². The normalized spacial score (nSPS) is 11.6. The molecule has 0 N–H and O–H groups in total. The number of Topliss-reactive ketones (excluding diaryl/α,β-unsaturated/α-hetero) is 1. The van der Waals surface area contributed by atoms with Gasteiger partial charge in [0.2, 0.25) is 0 Å². The summed E-state index contributed by atoms with van der Waals surface area (Å²) >= 11 is 0. The van der Waals surface area contributed by atoms with Crippen molar-refractivity contribution in [2.45, 2.75) is 13.3 Å². The molecule has 0 aromatic carbocycles. The molecule has 0 fully saturated rings. The second-order valence-electron chi connectivity index (χ2n) is 3.34. The van der Waals surface area contributed by atoms with Crippen LogP contribution >= 0.6 is 0 Å².